The minimum Gasteiger partial charge on any atom is -0.382 e. The standard InChI is InChI=1S/C27H27N7O.C21H24ClN5O/c1-16(2)12-30-24-10-23(20-9-18(11-28)13-29-14-20)33-34-25(15-31-26(24)34)19-4-7-22(17(3)8-19)27(35)32-21-5-6-21;1-12(2)10-23-17-9-19(22)26-27-18(11-24-20(17)27)14-4-7-16(13(3)8-14)21(28)25-15-5-6-15/h4,7-10,13-16,21,30H,5-6,12H2,1-3H3,(H,32,35);4,7-9,11-12,15,23H,5-6,10H2,1-3H3,(H,25,28). The Kier molecular flexibility index (Phi) is 12.4. The zero-order valence-corrected chi connectivity index (χ0v) is 37.1. The van der Waals surface area contributed by atoms with Crippen LogP contribution < -0.4 is 21.3 Å². The predicted octanol–water partition coefficient (Wildman–Crippen LogP) is 8.92. The lowest BCUT2D eigenvalue weighted by atomic mass is 10.0. The Morgan fingerprint density at radius 1 is 0.698 bits per heavy atom. The summed E-state index contributed by atoms with van der Waals surface area (Å²) in [5, 5.41) is 32.0. The van der Waals surface area contributed by atoms with Crippen molar-refractivity contribution in [2.24, 2.45) is 11.8 Å². The highest BCUT2D eigenvalue weighted by molar-refractivity contribution is 6.29. The Bertz CT molecular complexity index is 2890. The molecule has 2 aliphatic carbocycles. The minimum absolute atomic E-state index is 0.00830. The summed E-state index contributed by atoms with van der Waals surface area (Å²) in [5.74, 6) is 0.909. The number of imidazole rings is 2. The summed E-state index contributed by atoms with van der Waals surface area (Å²) < 4.78 is 3.57. The predicted molar refractivity (Wildman–Crippen MR) is 247 cm³/mol. The van der Waals surface area contributed by atoms with Gasteiger partial charge in [-0.2, -0.15) is 15.5 Å². The second kappa shape index (κ2) is 18.2. The number of nitrogens with one attached hydrogen (secondary N) is 4. The number of anilines is 2. The van der Waals surface area contributed by atoms with Crippen LogP contribution in [0.25, 0.3) is 45.1 Å². The van der Waals surface area contributed by atoms with Crippen molar-refractivity contribution in [2.45, 2.75) is 79.3 Å². The van der Waals surface area contributed by atoms with Crippen molar-refractivity contribution in [1.29, 1.82) is 5.26 Å². The van der Waals surface area contributed by atoms with E-state index in [2.05, 4.69) is 75.1 Å². The molecule has 15 heteroatoms. The number of rotatable bonds is 13. The second-order valence-electron chi connectivity index (χ2n) is 17.3. The summed E-state index contributed by atoms with van der Waals surface area (Å²) in [6.45, 7) is 14.1. The van der Waals surface area contributed by atoms with Gasteiger partial charge in [-0.1, -0.05) is 51.4 Å². The molecule has 2 aromatic carbocycles. The number of hydrogen-bond donors (Lipinski definition) is 4. The molecule has 5 heterocycles. The van der Waals surface area contributed by atoms with E-state index in [0.717, 1.165) is 95.0 Å². The maximum absolute atomic E-state index is 12.6. The van der Waals surface area contributed by atoms with E-state index in [0.29, 0.717) is 57.1 Å². The quantitative estimate of drug-likeness (QED) is 0.0875. The molecule has 4 N–H and O–H groups in total. The smallest absolute Gasteiger partial charge is 0.251 e. The second-order valence-corrected chi connectivity index (χ2v) is 17.6. The summed E-state index contributed by atoms with van der Waals surface area (Å²) in [5.41, 5.74) is 11.8. The Morgan fingerprint density at radius 2 is 1.21 bits per heavy atom. The number of carbonyl (C=O) groups excluding carboxylic acids is 2. The molecular weight excluding hydrogens is 812 g/mol. The van der Waals surface area contributed by atoms with Crippen LogP contribution in [-0.2, 0) is 0 Å². The van der Waals surface area contributed by atoms with Crippen molar-refractivity contribution >= 4 is 46.1 Å². The maximum Gasteiger partial charge on any atom is 0.251 e. The van der Waals surface area contributed by atoms with Gasteiger partial charge in [0.15, 0.2) is 16.4 Å². The van der Waals surface area contributed by atoms with Crippen LogP contribution >= 0.6 is 11.6 Å². The first kappa shape index (κ1) is 42.8. The number of aryl methyl sites for hydroxylation is 2. The number of fused-ring (bicyclic) bond motifs is 2. The molecule has 322 valence electrons. The average molecular weight is 863 g/mol. The first-order chi connectivity index (χ1) is 30.3. The van der Waals surface area contributed by atoms with Crippen LogP contribution in [0.15, 0.2) is 79.4 Å². The molecule has 2 aliphatic rings. The van der Waals surface area contributed by atoms with Crippen molar-refractivity contribution in [1.82, 2.24) is 44.8 Å². The van der Waals surface area contributed by atoms with Gasteiger partial charge in [-0.15, -0.1) is 0 Å². The SMILES string of the molecule is Cc1cc(-c2cnc3c(NCC(C)C)cc(-c4cncc(C#N)c4)nn23)ccc1C(=O)NC1CC1.Cc1cc(-c2cnc3c(NCC(C)C)cc(Cl)nn23)ccc1C(=O)NC1CC1. The fraction of sp³-hybridized carbons (Fsp3) is 0.333. The number of aromatic nitrogens is 7. The molecule has 63 heavy (non-hydrogen) atoms. The fourth-order valence-electron chi connectivity index (χ4n) is 7.11. The maximum atomic E-state index is 12.6. The van der Waals surface area contributed by atoms with Crippen molar-refractivity contribution in [3.63, 3.8) is 0 Å². The first-order valence-electron chi connectivity index (χ1n) is 21.4. The molecule has 5 aromatic heterocycles. The molecule has 9 rings (SSSR count). The lowest BCUT2D eigenvalue weighted by Crippen LogP contribution is -2.26. The van der Waals surface area contributed by atoms with E-state index < -0.39 is 0 Å². The molecular formula is C48H51ClN12O2. The van der Waals surface area contributed by atoms with Gasteiger partial charge in [-0.25, -0.2) is 19.0 Å². The van der Waals surface area contributed by atoms with Gasteiger partial charge in [0.2, 0.25) is 0 Å². The monoisotopic (exact) mass is 862 g/mol. The minimum atomic E-state index is -0.0276. The fourth-order valence-corrected chi connectivity index (χ4v) is 7.29. The molecule has 0 bridgehead atoms. The Balaban J connectivity index is 0.000000177. The highest BCUT2D eigenvalue weighted by atomic mass is 35.5. The number of nitrogens with zero attached hydrogens (tertiary/aromatic N) is 8. The molecule has 0 aliphatic heterocycles. The number of amides is 2. The van der Waals surface area contributed by atoms with Crippen LogP contribution in [0.1, 0.15) is 90.8 Å². The molecule has 0 atom stereocenters. The zero-order chi connectivity index (χ0) is 44.4. The van der Waals surface area contributed by atoms with E-state index in [4.69, 9.17) is 16.7 Å². The van der Waals surface area contributed by atoms with Gasteiger partial charge >= 0.3 is 0 Å². The van der Waals surface area contributed by atoms with Gasteiger partial charge in [0.25, 0.3) is 11.8 Å². The van der Waals surface area contributed by atoms with E-state index in [9.17, 15) is 14.9 Å². The van der Waals surface area contributed by atoms with Crippen LogP contribution in [0, 0.1) is 37.0 Å². The number of hydrogen-bond acceptors (Lipinski definition) is 10. The molecule has 14 nitrogen and oxygen atoms in total. The van der Waals surface area contributed by atoms with Crippen molar-refractivity contribution < 1.29 is 9.59 Å². The van der Waals surface area contributed by atoms with Gasteiger partial charge in [0.1, 0.15) is 6.07 Å². The number of pyridine rings is 1. The van der Waals surface area contributed by atoms with Crippen LogP contribution in [0.4, 0.5) is 11.4 Å². The Morgan fingerprint density at radius 3 is 1.68 bits per heavy atom. The van der Waals surface area contributed by atoms with Crippen molar-refractivity contribution in [3.05, 3.63) is 112 Å². The Hall–Kier alpha value is -6.85. The Labute approximate surface area is 371 Å². The van der Waals surface area contributed by atoms with Crippen LogP contribution in [0.2, 0.25) is 5.15 Å². The lowest BCUT2D eigenvalue weighted by Gasteiger charge is -2.13. The third-order valence-electron chi connectivity index (χ3n) is 10.8. The molecule has 2 saturated carbocycles. The zero-order valence-electron chi connectivity index (χ0n) is 36.3. The summed E-state index contributed by atoms with van der Waals surface area (Å²) in [7, 11) is 0. The molecule has 0 spiro atoms. The topological polar surface area (TPSA) is 179 Å². The van der Waals surface area contributed by atoms with Gasteiger partial charge in [-0.3, -0.25) is 14.6 Å². The number of benzene rings is 2. The van der Waals surface area contributed by atoms with Gasteiger partial charge in [-0.05, 0) is 98.9 Å². The molecule has 2 fully saturated rings. The molecule has 7 aromatic rings. The molecule has 0 saturated heterocycles. The molecule has 0 radical (unpaired) electrons. The molecule has 0 unspecified atom stereocenters. The summed E-state index contributed by atoms with van der Waals surface area (Å²) >= 11 is 6.26. The summed E-state index contributed by atoms with van der Waals surface area (Å²) in [6.07, 6.45) is 11.1. The third kappa shape index (κ3) is 9.95. The van der Waals surface area contributed by atoms with E-state index in [1.165, 1.54) is 6.20 Å². The normalized spacial score (nSPS) is 13.5. The lowest BCUT2D eigenvalue weighted by molar-refractivity contribution is 0.0942. The van der Waals surface area contributed by atoms with Gasteiger partial charge in [0, 0.05) is 71.5 Å². The first-order valence-corrected chi connectivity index (χ1v) is 21.8. The van der Waals surface area contributed by atoms with Crippen molar-refractivity contribution in [2.75, 3.05) is 23.7 Å². The van der Waals surface area contributed by atoms with Crippen molar-refractivity contribution in [3.8, 4) is 39.8 Å². The third-order valence-corrected chi connectivity index (χ3v) is 11.0. The van der Waals surface area contributed by atoms with E-state index in [-0.39, 0.29) is 11.8 Å². The van der Waals surface area contributed by atoms with E-state index in [1.807, 2.05) is 60.8 Å². The van der Waals surface area contributed by atoms with Crippen LogP contribution in [-0.4, -0.2) is 71.2 Å². The number of halogens is 1. The largest absolute Gasteiger partial charge is 0.382 e. The summed E-state index contributed by atoms with van der Waals surface area (Å²) in [4.78, 5) is 38.4. The number of nitriles is 1. The highest BCUT2D eigenvalue weighted by Gasteiger charge is 2.26. The van der Waals surface area contributed by atoms with Gasteiger partial charge in [0.05, 0.1) is 46.4 Å². The van der Waals surface area contributed by atoms with E-state index >= 15 is 0 Å². The molecule has 2 amide bonds. The van der Waals surface area contributed by atoms with Crippen LogP contribution in [0.3, 0.4) is 0 Å². The average Bonchev–Trinajstić information content (AvgIpc) is 4.18. The van der Waals surface area contributed by atoms with Crippen LogP contribution in [0.5, 0.6) is 0 Å². The summed E-state index contributed by atoms with van der Waals surface area (Å²) in [6, 6.07) is 19.9. The van der Waals surface area contributed by atoms with Gasteiger partial charge < -0.3 is 21.3 Å². The highest BCUT2D eigenvalue weighted by Crippen LogP contribution is 2.31. The number of carbonyl (C=O) groups is 2. The van der Waals surface area contributed by atoms with E-state index in [1.54, 1.807) is 35.2 Å².